The van der Waals surface area contributed by atoms with Gasteiger partial charge in [0.15, 0.2) is 0 Å². The molecule has 1 aliphatic carbocycles. The molecule has 2 aromatic rings. The summed E-state index contributed by atoms with van der Waals surface area (Å²) in [6.45, 7) is 0.0593. The summed E-state index contributed by atoms with van der Waals surface area (Å²) in [6.07, 6.45) is 6.23. The first kappa shape index (κ1) is 22.9. The molecule has 1 unspecified atom stereocenters. The van der Waals surface area contributed by atoms with Crippen LogP contribution in [-0.4, -0.2) is 29.0 Å². The monoisotopic (exact) mass is 445 g/mol. The lowest BCUT2D eigenvalue weighted by molar-refractivity contribution is 0.110. The van der Waals surface area contributed by atoms with Crippen molar-refractivity contribution in [3.63, 3.8) is 0 Å². The Hall–Kier alpha value is -1.76. The maximum absolute atomic E-state index is 9.35. The SMILES string of the molecule is NC(CO)(CO)CCC1CC=C(Sc2cccc(OCc3ccccc3)c2)C=C1Cl. The number of rotatable bonds is 10. The number of allylic oxidation sites excluding steroid dienone is 3. The highest BCUT2D eigenvalue weighted by Crippen LogP contribution is 2.38. The molecular formula is C24H28ClNO3S. The molecule has 0 fully saturated rings. The lowest BCUT2D eigenvalue weighted by Gasteiger charge is -2.27. The number of aliphatic hydroxyl groups excluding tert-OH is 2. The maximum Gasteiger partial charge on any atom is 0.120 e. The molecule has 2 aromatic carbocycles. The molecule has 160 valence electrons. The summed E-state index contributed by atoms with van der Waals surface area (Å²) in [5.74, 6) is 0.998. The number of thioether (sulfide) groups is 1. The van der Waals surface area contributed by atoms with Crippen LogP contribution >= 0.6 is 23.4 Å². The second-order valence-corrected chi connectivity index (χ2v) is 9.22. The summed E-state index contributed by atoms with van der Waals surface area (Å²) in [5.41, 5.74) is 6.16. The van der Waals surface area contributed by atoms with Gasteiger partial charge in [0.05, 0.1) is 18.8 Å². The molecule has 0 aromatic heterocycles. The quantitative estimate of drug-likeness (QED) is 0.487. The third-order valence-corrected chi connectivity index (χ3v) is 6.61. The van der Waals surface area contributed by atoms with E-state index in [1.807, 2.05) is 54.6 Å². The summed E-state index contributed by atoms with van der Waals surface area (Å²) in [7, 11) is 0. The van der Waals surface area contributed by atoms with Crippen LogP contribution in [0.15, 0.2) is 81.6 Å². The molecule has 0 saturated carbocycles. The van der Waals surface area contributed by atoms with E-state index in [2.05, 4.69) is 12.1 Å². The Morgan fingerprint density at radius 3 is 2.57 bits per heavy atom. The topological polar surface area (TPSA) is 75.7 Å². The van der Waals surface area contributed by atoms with Crippen molar-refractivity contribution in [2.45, 2.75) is 36.3 Å². The standard InChI is InChI=1S/C24H28ClNO3S/c25-23-14-22(10-9-19(23)11-12-24(26,16-27)17-28)30-21-8-4-7-20(13-21)29-15-18-5-2-1-3-6-18/h1-8,10,13-14,19,27-28H,9,11-12,15-17,26H2. The van der Waals surface area contributed by atoms with E-state index in [9.17, 15) is 10.2 Å². The summed E-state index contributed by atoms with van der Waals surface area (Å²) in [5, 5.41) is 19.5. The molecule has 0 spiro atoms. The first-order valence-electron chi connectivity index (χ1n) is 10.0. The summed E-state index contributed by atoms with van der Waals surface area (Å²) in [6, 6.07) is 18.1. The molecule has 30 heavy (non-hydrogen) atoms. The first-order valence-corrected chi connectivity index (χ1v) is 11.2. The van der Waals surface area contributed by atoms with Gasteiger partial charge in [-0.2, -0.15) is 0 Å². The largest absolute Gasteiger partial charge is 0.489 e. The van der Waals surface area contributed by atoms with Crippen molar-refractivity contribution in [1.82, 2.24) is 0 Å². The Morgan fingerprint density at radius 2 is 1.87 bits per heavy atom. The van der Waals surface area contributed by atoms with Crippen LogP contribution in [0.1, 0.15) is 24.8 Å². The van der Waals surface area contributed by atoms with Gasteiger partial charge < -0.3 is 20.7 Å². The van der Waals surface area contributed by atoms with Crippen LogP contribution in [0.4, 0.5) is 0 Å². The molecule has 0 aliphatic heterocycles. The van der Waals surface area contributed by atoms with Gasteiger partial charge in [0, 0.05) is 14.8 Å². The van der Waals surface area contributed by atoms with E-state index in [0.717, 1.165) is 39.0 Å². The van der Waals surface area contributed by atoms with Crippen LogP contribution in [0, 0.1) is 5.92 Å². The lowest BCUT2D eigenvalue weighted by Crippen LogP contribution is -2.47. The fraction of sp³-hybridized carbons (Fsp3) is 0.333. The zero-order valence-corrected chi connectivity index (χ0v) is 18.4. The molecule has 1 aliphatic rings. The molecule has 4 nitrogen and oxygen atoms in total. The maximum atomic E-state index is 9.35. The summed E-state index contributed by atoms with van der Waals surface area (Å²) in [4.78, 5) is 2.19. The Labute approximate surface area is 187 Å². The number of hydrogen-bond donors (Lipinski definition) is 3. The highest BCUT2D eigenvalue weighted by atomic mass is 35.5. The minimum atomic E-state index is -0.948. The molecular weight excluding hydrogens is 418 g/mol. The van der Waals surface area contributed by atoms with Crippen molar-refractivity contribution < 1.29 is 14.9 Å². The van der Waals surface area contributed by atoms with E-state index in [1.54, 1.807) is 11.8 Å². The number of halogens is 1. The number of hydrogen-bond acceptors (Lipinski definition) is 5. The molecule has 0 radical (unpaired) electrons. The molecule has 0 saturated heterocycles. The Bertz CT molecular complexity index is 881. The lowest BCUT2D eigenvalue weighted by atomic mass is 9.88. The third kappa shape index (κ3) is 6.62. The second kappa shape index (κ2) is 11.0. The van der Waals surface area contributed by atoms with Crippen LogP contribution in [0.25, 0.3) is 0 Å². The summed E-state index contributed by atoms with van der Waals surface area (Å²) < 4.78 is 5.92. The van der Waals surface area contributed by atoms with Crippen LogP contribution in [0.2, 0.25) is 0 Å². The van der Waals surface area contributed by atoms with Gasteiger partial charge in [0.2, 0.25) is 0 Å². The zero-order valence-electron chi connectivity index (χ0n) is 16.8. The van der Waals surface area contributed by atoms with Crippen LogP contribution < -0.4 is 10.5 Å². The van der Waals surface area contributed by atoms with Crippen molar-refractivity contribution in [1.29, 1.82) is 0 Å². The van der Waals surface area contributed by atoms with Crippen molar-refractivity contribution in [3.8, 4) is 5.75 Å². The van der Waals surface area contributed by atoms with Crippen molar-refractivity contribution in [2.75, 3.05) is 13.2 Å². The minimum absolute atomic E-state index is 0.164. The van der Waals surface area contributed by atoms with Crippen LogP contribution in [0.5, 0.6) is 5.75 Å². The van der Waals surface area contributed by atoms with E-state index >= 15 is 0 Å². The molecule has 6 heteroatoms. The predicted octanol–water partition coefficient (Wildman–Crippen LogP) is 4.85. The molecule has 3 rings (SSSR count). The Balaban J connectivity index is 1.55. The average molecular weight is 446 g/mol. The molecule has 0 heterocycles. The van der Waals surface area contributed by atoms with E-state index in [1.165, 1.54) is 0 Å². The van der Waals surface area contributed by atoms with E-state index in [4.69, 9.17) is 22.1 Å². The normalized spacial score (nSPS) is 16.7. The highest BCUT2D eigenvalue weighted by Gasteiger charge is 2.26. The molecule has 0 amide bonds. The predicted molar refractivity (Wildman–Crippen MR) is 124 cm³/mol. The average Bonchev–Trinajstić information content (AvgIpc) is 2.78. The first-order chi connectivity index (χ1) is 14.5. The minimum Gasteiger partial charge on any atom is -0.489 e. The van der Waals surface area contributed by atoms with Gasteiger partial charge in [-0.3, -0.25) is 0 Å². The van der Waals surface area contributed by atoms with E-state index in [0.29, 0.717) is 13.0 Å². The zero-order chi connectivity index (χ0) is 21.4. The van der Waals surface area contributed by atoms with Crippen molar-refractivity contribution >= 4 is 23.4 Å². The van der Waals surface area contributed by atoms with E-state index < -0.39 is 5.54 Å². The van der Waals surface area contributed by atoms with Gasteiger partial charge in [-0.1, -0.05) is 65.8 Å². The van der Waals surface area contributed by atoms with Gasteiger partial charge in [0.25, 0.3) is 0 Å². The smallest absolute Gasteiger partial charge is 0.120 e. The van der Waals surface area contributed by atoms with Gasteiger partial charge in [-0.05, 0) is 55.0 Å². The Kier molecular flexibility index (Phi) is 8.42. The molecule has 1 atom stereocenters. The number of nitrogens with two attached hydrogens (primary N) is 1. The summed E-state index contributed by atoms with van der Waals surface area (Å²) >= 11 is 8.18. The van der Waals surface area contributed by atoms with Gasteiger partial charge >= 0.3 is 0 Å². The van der Waals surface area contributed by atoms with E-state index in [-0.39, 0.29) is 19.1 Å². The van der Waals surface area contributed by atoms with Gasteiger partial charge in [-0.25, -0.2) is 0 Å². The second-order valence-electron chi connectivity index (χ2n) is 7.64. The van der Waals surface area contributed by atoms with Crippen LogP contribution in [0.3, 0.4) is 0 Å². The van der Waals surface area contributed by atoms with Crippen molar-refractivity contribution in [3.05, 3.63) is 82.3 Å². The third-order valence-electron chi connectivity index (χ3n) is 5.18. The fourth-order valence-corrected chi connectivity index (χ4v) is 4.52. The Morgan fingerprint density at radius 1 is 1.10 bits per heavy atom. The fourth-order valence-electron chi connectivity index (χ4n) is 3.18. The van der Waals surface area contributed by atoms with Crippen LogP contribution in [-0.2, 0) is 6.61 Å². The number of benzene rings is 2. The molecule has 4 N–H and O–H groups in total. The molecule has 0 bridgehead atoms. The number of aliphatic hydroxyl groups is 2. The highest BCUT2D eigenvalue weighted by molar-refractivity contribution is 8.03. The van der Waals surface area contributed by atoms with Crippen molar-refractivity contribution in [2.24, 2.45) is 11.7 Å². The number of ether oxygens (including phenoxy) is 1. The van der Waals surface area contributed by atoms with Gasteiger partial charge in [0.1, 0.15) is 12.4 Å². The van der Waals surface area contributed by atoms with Gasteiger partial charge in [-0.15, -0.1) is 0 Å².